The first-order valence-corrected chi connectivity index (χ1v) is 7.91. The summed E-state index contributed by atoms with van der Waals surface area (Å²) >= 11 is 0. The first-order chi connectivity index (χ1) is 11.9. The van der Waals surface area contributed by atoms with Crippen LogP contribution in [-0.2, 0) is 4.74 Å². The van der Waals surface area contributed by atoms with Crippen LogP contribution in [0.15, 0.2) is 36.4 Å². The Bertz CT molecular complexity index is 724. The zero-order chi connectivity index (χ0) is 18.4. The number of nitrogens with two attached hydrogens (primary N) is 2. The van der Waals surface area contributed by atoms with Crippen LogP contribution >= 0.6 is 0 Å². The zero-order valence-electron chi connectivity index (χ0n) is 14.2. The molecule has 0 aliphatic carbocycles. The van der Waals surface area contributed by atoms with Crippen molar-refractivity contribution in [3.63, 3.8) is 0 Å². The van der Waals surface area contributed by atoms with E-state index in [2.05, 4.69) is 15.6 Å². The summed E-state index contributed by atoms with van der Waals surface area (Å²) in [5, 5.41) is 16.0. The van der Waals surface area contributed by atoms with Crippen molar-refractivity contribution < 1.29 is 14.6 Å². The molecule has 1 heterocycles. The van der Waals surface area contributed by atoms with Crippen LogP contribution in [-0.4, -0.2) is 28.8 Å². The standard InChI is InChI=1S/C17H23N5O3/c1-3-25-17(24)22-13-9-12(14(18)16(19)21-13)20-10(2)15(23)11-7-5-4-6-8-11/h4-10,15,23H,3,18H2,1-2H3,(H4,19,20,21,22,24)/t10-,15-/m0/s1. The third-order valence-corrected chi connectivity index (χ3v) is 3.59. The number of pyridine rings is 1. The van der Waals surface area contributed by atoms with Gasteiger partial charge in [-0.3, -0.25) is 5.32 Å². The molecule has 2 atom stereocenters. The first kappa shape index (κ1) is 18.3. The van der Waals surface area contributed by atoms with Gasteiger partial charge in [-0.2, -0.15) is 0 Å². The molecular formula is C17H23N5O3. The van der Waals surface area contributed by atoms with Gasteiger partial charge < -0.3 is 26.6 Å². The van der Waals surface area contributed by atoms with Gasteiger partial charge in [-0.05, 0) is 19.4 Å². The van der Waals surface area contributed by atoms with Crippen LogP contribution in [0, 0.1) is 0 Å². The lowest BCUT2D eigenvalue weighted by Crippen LogP contribution is -2.25. The number of amides is 1. The van der Waals surface area contributed by atoms with Gasteiger partial charge in [-0.15, -0.1) is 0 Å². The minimum atomic E-state index is -0.753. The van der Waals surface area contributed by atoms with Crippen molar-refractivity contribution in [2.24, 2.45) is 0 Å². The maximum atomic E-state index is 11.5. The highest BCUT2D eigenvalue weighted by Gasteiger charge is 2.18. The highest BCUT2D eigenvalue weighted by atomic mass is 16.5. The van der Waals surface area contributed by atoms with E-state index >= 15 is 0 Å². The highest BCUT2D eigenvalue weighted by Crippen LogP contribution is 2.29. The van der Waals surface area contributed by atoms with E-state index in [1.807, 2.05) is 37.3 Å². The predicted octanol–water partition coefficient (Wildman–Crippen LogP) is 2.35. The molecule has 0 spiro atoms. The summed E-state index contributed by atoms with van der Waals surface area (Å²) in [6, 6.07) is 10.4. The normalized spacial score (nSPS) is 12.9. The second-order valence-corrected chi connectivity index (χ2v) is 5.49. The van der Waals surface area contributed by atoms with E-state index in [0.29, 0.717) is 5.69 Å². The molecule has 0 saturated heterocycles. The number of rotatable bonds is 6. The number of nitrogens with one attached hydrogen (secondary N) is 2. The van der Waals surface area contributed by atoms with Gasteiger partial charge in [0, 0.05) is 6.07 Å². The van der Waals surface area contributed by atoms with E-state index < -0.39 is 12.2 Å². The van der Waals surface area contributed by atoms with Gasteiger partial charge in [0.15, 0.2) is 5.82 Å². The fourth-order valence-electron chi connectivity index (χ4n) is 2.29. The van der Waals surface area contributed by atoms with Crippen LogP contribution in [0.4, 0.5) is 27.8 Å². The Balaban J connectivity index is 2.17. The van der Waals surface area contributed by atoms with Crippen molar-refractivity contribution in [2.45, 2.75) is 26.0 Å². The fraction of sp³-hybridized carbons (Fsp3) is 0.294. The summed E-state index contributed by atoms with van der Waals surface area (Å²) in [4.78, 5) is 15.5. The number of hydrogen-bond donors (Lipinski definition) is 5. The summed E-state index contributed by atoms with van der Waals surface area (Å²) < 4.78 is 4.81. The van der Waals surface area contributed by atoms with Crippen molar-refractivity contribution in [1.82, 2.24) is 4.98 Å². The minimum Gasteiger partial charge on any atom is -0.450 e. The van der Waals surface area contributed by atoms with Crippen molar-refractivity contribution in [3.05, 3.63) is 42.0 Å². The van der Waals surface area contributed by atoms with E-state index in [4.69, 9.17) is 16.2 Å². The number of aliphatic hydroxyl groups is 1. The van der Waals surface area contributed by atoms with Gasteiger partial charge in [0.2, 0.25) is 0 Å². The summed E-state index contributed by atoms with van der Waals surface area (Å²) in [7, 11) is 0. The number of nitrogens with zero attached hydrogens (tertiary/aromatic N) is 1. The molecule has 134 valence electrons. The average Bonchev–Trinajstić information content (AvgIpc) is 2.59. The highest BCUT2D eigenvalue weighted by molar-refractivity contribution is 5.87. The van der Waals surface area contributed by atoms with Crippen LogP contribution in [0.25, 0.3) is 0 Å². The summed E-state index contributed by atoms with van der Waals surface area (Å²) in [5.74, 6) is 0.271. The van der Waals surface area contributed by atoms with Crippen LogP contribution in [0.3, 0.4) is 0 Å². The topological polar surface area (TPSA) is 136 Å². The molecule has 8 nitrogen and oxygen atoms in total. The Hall–Kier alpha value is -3.00. The lowest BCUT2D eigenvalue weighted by Gasteiger charge is -2.23. The molecule has 0 saturated carbocycles. The number of aromatic nitrogens is 1. The largest absolute Gasteiger partial charge is 0.450 e. The number of aliphatic hydroxyl groups excluding tert-OH is 1. The summed E-state index contributed by atoms with van der Waals surface area (Å²) in [5.41, 5.74) is 13.2. The lowest BCUT2D eigenvalue weighted by molar-refractivity contribution is 0.160. The fourth-order valence-corrected chi connectivity index (χ4v) is 2.29. The molecule has 8 heteroatoms. The average molecular weight is 345 g/mol. The molecule has 0 aliphatic heterocycles. The molecule has 0 fully saturated rings. The number of benzene rings is 1. The number of carbonyl (C=O) groups is 1. The number of ether oxygens (including phenoxy) is 1. The molecular weight excluding hydrogens is 322 g/mol. The predicted molar refractivity (Wildman–Crippen MR) is 98.2 cm³/mol. The van der Waals surface area contributed by atoms with Crippen molar-refractivity contribution in [1.29, 1.82) is 0 Å². The van der Waals surface area contributed by atoms with Gasteiger partial charge in [-0.1, -0.05) is 30.3 Å². The van der Waals surface area contributed by atoms with E-state index in [1.165, 1.54) is 6.07 Å². The van der Waals surface area contributed by atoms with E-state index in [0.717, 1.165) is 5.56 Å². The minimum absolute atomic E-state index is 0.0678. The van der Waals surface area contributed by atoms with Gasteiger partial charge >= 0.3 is 6.09 Å². The zero-order valence-corrected chi connectivity index (χ0v) is 14.2. The van der Waals surface area contributed by atoms with E-state index in [9.17, 15) is 9.90 Å². The maximum Gasteiger partial charge on any atom is 0.412 e. The van der Waals surface area contributed by atoms with Gasteiger partial charge in [0.1, 0.15) is 5.82 Å². The van der Waals surface area contributed by atoms with Crippen molar-refractivity contribution >= 4 is 29.1 Å². The Kier molecular flexibility index (Phi) is 6.02. The van der Waals surface area contributed by atoms with Crippen LogP contribution in [0.5, 0.6) is 0 Å². The Labute approximate surface area is 146 Å². The quantitative estimate of drug-likeness (QED) is 0.542. The molecule has 0 unspecified atom stereocenters. The Morgan fingerprint density at radius 1 is 1.32 bits per heavy atom. The number of anilines is 4. The van der Waals surface area contributed by atoms with Gasteiger partial charge in [0.25, 0.3) is 0 Å². The lowest BCUT2D eigenvalue weighted by atomic mass is 10.0. The van der Waals surface area contributed by atoms with Gasteiger partial charge in [0.05, 0.1) is 30.1 Å². The smallest absolute Gasteiger partial charge is 0.412 e. The van der Waals surface area contributed by atoms with E-state index in [1.54, 1.807) is 6.92 Å². The molecule has 0 radical (unpaired) electrons. The van der Waals surface area contributed by atoms with Crippen LogP contribution in [0.1, 0.15) is 25.5 Å². The molecule has 1 aromatic heterocycles. The number of hydrogen-bond acceptors (Lipinski definition) is 7. The molecule has 2 rings (SSSR count). The Morgan fingerprint density at radius 3 is 2.64 bits per heavy atom. The number of carbonyl (C=O) groups excluding carboxylic acids is 1. The van der Waals surface area contributed by atoms with Crippen LogP contribution in [0.2, 0.25) is 0 Å². The number of nitrogen functional groups attached to an aromatic ring is 2. The molecule has 25 heavy (non-hydrogen) atoms. The third-order valence-electron chi connectivity index (χ3n) is 3.59. The molecule has 0 aliphatic rings. The molecule has 7 N–H and O–H groups in total. The molecule has 1 aromatic carbocycles. The van der Waals surface area contributed by atoms with Crippen molar-refractivity contribution in [3.8, 4) is 0 Å². The molecule has 0 bridgehead atoms. The van der Waals surface area contributed by atoms with Crippen molar-refractivity contribution in [2.75, 3.05) is 28.7 Å². The first-order valence-electron chi connectivity index (χ1n) is 7.91. The molecule has 2 aromatic rings. The third kappa shape index (κ3) is 4.74. The maximum absolute atomic E-state index is 11.5. The summed E-state index contributed by atoms with van der Waals surface area (Å²) in [6.07, 6.45) is -1.39. The SMILES string of the molecule is CCOC(=O)Nc1cc(N[C@@H](C)[C@H](O)c2ccccc2)c(N)c(N)n1. The van der Waals surface area contributed by atoms with Crippen LogP contribution < -0.4 is 22.1 Å². The summed E-state index contributed by atoms with van der Waals surface area (Å²) in [6.45, 7) is 3.75. The molecule has 1 amide bonds. The Morgan fingerprint density at radius 2 is 2.00 bits per heavy atom. The second-order valence-electron chi connectivity index (χ2n) is 5.49. The van der Waals surface area contributed by atoms with E-state index in [-0.39, 0.29) is 30.0 Å². The second kappa shape index (κ2) is 8.20. The van der Waals surface area contributed by atoms with Gasteiger partial charge in [-0.25, -0.2) is 9.78 Å². The monoisotopic (exact) mass is 345 g/mol.